The highest BCUT2D eigenvalue weighted by molar-refractivity contribution is 7.10. The lowest BCUT2D eigenvalue weighted by molar-refractivity contribution is 1.44. The van der Waals surface area contributed by atoms with Gasteiger partial charge in [-0.15, -0.1) is 22.9 Å². The zero-order valence-electron chi connectivity index (χ0n) is 5.80. The minimum Gasteiger partial charge on any atom is -0.144 e. The first-order chi connectivity index (χ1) is 4.83. The largest absolute Gasteiger partial charge is 0.144 e. The summed E-state index contributed by atoms with van der Waals surface area (Å²) in [5.74, 6) is 0.623. The topological polar surface area (TPSA) is 0 Å². The number of halogens is 1. The third-order valence-electron chi connectivity index (χ3n) is 1.14. The molecule has 10 heavy (non-hydrogen) atoms. The first-order valence-electron chi connectivity index (χ1n) is 3.09. The van der Waals surface area contributed by atoms with E-state index in [1.165, 1.54) is 10.5 Å². The molecule has 1 aromatic heterocycles. The summed E-state index contributed by atoms with van der Waals surface area (Å²) in [5, 5.41) is 2.06. The van der Waals surface area contributed by atoms with E-state index in [4.69, 9.17) is 11.6 Å². The zero-order valence-corrected chi connectivity index (χ0v) is 7.38. The van der Waals surface area contributed by atoms with E-state index >= 15 is 0 Å². The van der Waals surface area contributed by atoms with Crippen molar-refractivity contribution in [1.82, 2.24) is 0 Å². The number of thiophene rings is 1. The van der Waals surface area contributed by atoms with Crippen molar-refractivity contribution in [3.05, 3.63) is 28.0 Å². The van der Waals surface area contributed by atoms with Gasteiger partial charge in [0.1, 0.15) is 0 Å². The van der Waals surface area contributed by atoms with Crippen molar-refractivity contribution in [3.63, 3.8) is 0 Å². The van der Waals surface area contributed by atoms with E-state index in [-0.39, 0.29) is 0 Å². The maximum absolute atomic E-state index is 5.61. The molecule has 1 heterocycles. The van der Waals surface area contributed by atoms with Gasteiger partial charge in [-0.05, 0) is 24.4 Å². The molecular weight excluding hydrogens is 164 g/mol. The fraction of sp³-hybridized carbons (Fsp3) is 0.250. The van der Waals surface area contributed by atoms with E-state index in [0.29, 0.717) is 5.88 Å². The lowest BCUT2D eigenvalue weighted by Gasteiger charge is -1.89. The summed E-state index contributed by atoms with van der Waals surface area (Å²) in [5.41, 5.74) is 1.21. The van der Waals surface area contributed by atoms with Gasteiger partial charge >= 0.3 is 0 Å². The zero-order chi connectivity index (χ0) is 7.40. The molecule has 0 aliphatic rings. The molecule has 1 aromatic rings. The van der Waals surface area contributed by atoms with Crippen molar-refractivity contribution in [2.45, 2.75) is 6.92 Å². The second kappa shape index (κ2) is 3.79. The maximum Gasteiger partial charge on any atom is 0.0434 e. The third-order valence-corrected chi connectivity index (χ3v) is 2.38. The number of hydrogen-bond donors (Lipinski definition) is 0. The summed E-state index contributed by atoms with van der Waals surface area (Å²) < 4.78 is 0. The van der Waals surface area contributed by atoms with Gasteiger partial charge in [0.15, 0.2) is 0 Å². The Bertz CT molecular complexity index is 211. The second-order valence-electron chi connectivity index (χ2n) is 2.14. The van der Waals surface area contributed by atoms with E-state index in [9.17, 15) is 0 Å². The number of hydrogen-bond acceptors (Lipinski definition) is 1. The van der Waals surface area contributed by atoms with Crippen molar-refractivity contribution >= 4 is 29.0 Å². The molecule has 0 amide bonds. The van der Waals surface area contributed by atoms with Crippen LogP contribution in [0, 0.1) is 0 Å². The van der Waals surface area contributed by atoms with Crippen LogP contribution in [0.4, 0.5) is 0 Å². The molecule has 0 N–H and O–H groups in total. The molecule has 0 radical (unpaired) electrons. The van der Waals surface area contributed by atoms with Crippen molar-refractivity contribution in [2.75, 3.05) is 5.88 Å². The van der Waals surface area contributed by atoms with Crippen LogP contribution in [0.25, 0.3) is 6.08 Å². The minimum absolute atomic E-state index is 0.623. The van der Waals surface area contributed by atoms with Crippen LogP contribution in [0.2, 0.25) is 0 Å². The molecule has 0 aliphatic carbocycles. The van der Waals surface area contributed by atoms with E-state index in [2.05, 4.69) is 17.5 Å². The number of alkyl halides is 1. The van der Waals surface area contributed by atoms with Crippen LogP contribution >= 0.6 is 22.9 Å². The van der Waals surface area contributed by atoms with Crippen LogP contribution in [-0.2, 0) is 0 Å². The molecule has 0 saturated carbocycles. The van der Waals surface area contributed by atoms with Gasteiger partial charge in [0.25, 0.3) is 0 Å². The van der Waals surface area contributed by atoms with E-state index < -0.39 is 0 Å². The molecule has 0 fully saturated rings. The Morgan fingerprint density at radius 3 is 3.10 bits per heavy atom. The normalized spacial score (nSPS) is 12.0. The molecular formula is C8H9ClS. The van der Waals surface area contributed by atoms with E-state index in [1.807, 2.05) is 13.0 Å². The third kappa shape index (κ3) is 2.16. The van der Waals surface area contributed by atoms with Crippen LogP contribution in [0.1, 0.15) is 11.8 Å². The molecule has 1 rings (SSSR count). The highest BCUT2D eigenvalue weighted by Crippen LogP contribution is 2.13. The van der Waals surface area contributed by atoms with E-state index in [1.54, 1.807) is 11.3 Å². The maximum atomic E-state index is 5.61. The highest BCUT2D eigenvalue weighted by atomic mass is 35.5. The summed E-state index contributed by atoms with van der Waals surface area (Å²) in [6.45, 7) is 2.03. The van der Waals surface area contributed by atoms with Gasteiger partial charge in [0.05, 0.1) is 0 Å². The predicted octanol–water partition coefficient (Wildman–Crippen LogP) is 3.39. The quantitative estimate of drug-likeness (QED) is 0.600. The summed E-state index contributed by atoms with van der Waals surface area (Å²) in [7, 11) is 0. The Hall–Kier alpha value is -0.270. The second-order valence-corrected chi connectivity index (χ2v) is 3.39. The Balaban J connectivity index is 2.71. The molecule has 0 unspecified atom stereocenters. The Labute approximate surface area is 70.1 Å². The predicted molar refractivity (Wildman–Crippen MR) is 48.7 cm³/mol. The van der Waals surface area contributed by atoms with E-state index in [0.717, 1.165) is 0 Å². The lowest BCUT2D eigenvalue weighted by Crippen LogP contribution is -1.73. The molecule has 0 aliphatic heterocycles. The van der Waals surface area contributed by atoms with Gasteiger partial charge < -0.3 is 0 Å². The molecule has 2 heteroatoms. The summed E-state index contributed by atoms with van der Waals surface area (Å²) in [4.78, 5) is 1.28. The molecule has 0 spiro atoms. The van der Waals surface area contributed by atoms with Crippen LogP contribution in [-0.4, -0.2) is 5.88 Å². The standard InChI is InChI=1S/C8H9ClS/c1-7(6-9)5-8-3-2-4-10-8/h2-5H,6H2,1H3. The van der Waals surface area contributed by atoms with Crippen LogP contribution in [0.3, 0.4) is 0 Å². The van der Waals surface area contributed by atoms with Crippen LogP contribution < -0.4 is 0 Å². The monoisotopic (exact) mass is 172 g/mol. The lowest BCUT2D eigenvalue weighted by atomic mass is 10.3. The van der Waals surface area contributed by atoms with Gasteiger partial charge in [0, 0.05) is 10.8 Å². The van der Waals surface area contributed by atoms with Crippen molar-refractivity contribution in [1.29, 1.82) is 0 Å². The van der Waals surface area contributed by atoms with Crippen LogP contribution in [0.15, 0.2) is 23.1 Å². The fourth-order valence-corrected chi connectivity index (χ4v) is 1.47. The summed E-state index contributed by atoms with van der Waals surface area (Å²) >= 11 is 7.34. The van der Waals surface area contributed by atoms with Gasteiger partial charge in [-0.1, -0.05) is 11.6 Å². The first kappa shape index (κ1) is 7.83. The molecule has 0 saturated heterocycles. The average molecular weight is 173 g/mol. The SMILES string of the molecule is CC(=Cc1cccs1)CCl. The molecule has 0 bridgehead atoms. The smallest absolute Gasteiger partial charge is 0.0434 e. The minimum atomic E-state index is 0.623. The summed E-state index contributed by atoms with van der Waals surface area (Å²) in [6.07, 6.45) is 2.11. The number of rotatable bonds is 2. The van der Waals surface area contributed by atoms with Gasteiger partial charge in [-0.25, -0.2) is 0 Å². The molecule has 0 atom stereocenters. The van der Waals surface area contributed by atoms with Crippen molar-refractivity contribution in [3.8, 4) is 0 Å². The van der Waals surface area contributed by atoms with Gasteiger partial charge in [0.2, 0.25) is 0 Å². The van der Waals surface area contributed by atoms with Gasteiger partial charge in [-0.3, -0.25) is 0 Å². The Morgan fingerprint density at radius 2 is 2.60 bits per heavy atom. The average Bonchev–Trinajstić information content (AvgIpc) is 2.40. The number of allylic oxidation sites excluding steroid dienone is 1. The van der Waals surface area contributed by atoms with Crippen LogP contribution in [0.5, 0.6) is 0 Å². The Kier molecular flexibility index (Phi) is 2.97. The van der Waals surface area contributed by atoms with Crippen molar-refractivity contribution < 1.29 is 0 Å². The molecule has 54 valence electrons. The van der Waals surface area contributed by atoms with Gasteiger partial charge in [-0.2, -0.15) is 0 Å². The highest BCUT2D eigenvalue weighted by Gasteiger charge is 1.88. The molecule has 0 aromatic carbocycles. The Morgan fingerprint density at radius 1 is 1.80 bits per heavy atom. The van der Waals surface area contributed by atoms with Crippen molar-refractivity contribution in [2.24, 2.45) is 0 Å². The molecule has 0 nitrogen and oxygen atoms in total. The first-order valence-corrected chi connectivity index (χ1v) is 4.51. The summed E-state index contributed by atoms with van der Waals surface area (Å²) in [6, 6.07) is 4.12. The fourth-order valence-electron chi connectivity index (χ4n) is 0.655.